The molecule has 1 rings (SSSR count). The summed E-state index contributed by atoms with van der Waals surface area (Å²) in [6, 6.07) is 5.36. The Morgan fingerprint density at radius 1 is 1.59 bits per heavy atom. The smallest absolute Gasteiger partial charge is 0.276 e. The van der Waals surface area contributed by atoms with E-state index >= 15 is 0 Å². The van der Waals surface area contributed by atoms with Crippen LogP contribution in [-0.2, 0) is 4.79 Å². The fourth-order valence-electron chi connectivity index (χ4n) is 1.12. The van der Waals surface area contributed by atoms with Gasteiger partial charge in [-0.2, -0.15) is 5.26 Å². The maximum Gasteiger partial charge on any atom is 0.276 e. The first kappa shape index (κ1) is 12.7. The zero-order chi connectivity index (χ0) is 13.0. The number of nitrogens with two attached hydrogens (primary N) is 1. The topological polar surface area (TPSA) is 110 Å². The highest BCUT2D eigenvalue weighted by Gasteiger charge is 2.14. The summed E-state index contributed by atoms with van der Waals surface area (Å²) in [5.41, 5.74) is 4.34. The first-order valence-corrected chi connectivity index (χ1v) is 4.69. The van der Waals surface area contributed by atoms with Crippen LogP contribution in [0.2, 0.25) is 5.02 Å². The first-order valence-electron chi connectivity index (χ1n) is 4.31. The highest BCUT2D eigenvalue weighted by atomic mass is 35.5. The molecule has 0 saturated heterocycles. The molecule has 0 unspecified atom stereocenters. The molecule has 86 valence electrons. The zero-order valence-electron chi connectivity index (χ0n) is 8.38. The summed E-state index contributed by atoms with van der Waals surface area (Å²) in [6.07, 6.45) is 1.03. The van der Waals surface area contributed by atoms with Crippen molar-refractivity contribution in [3.63, 3.8) is 0 Å². The zero-order valence-corrected chi connectivity index (χ0v) is 9.14. The second kappa shape index (κ2) is 5.09. The van der Waals surface area contributed by atoms with E-state index in [0.29, 0.717) is 0 Å². The predicted octanol–water partition coefficient (Wildman–Crippen LogP) is 1.64. The summed E-state index contributed by atoms with van der Waals surface area (Å²) in [5, 5.41) is 19.6. The fraction of sp³-hybridized carbons (Fsp3) is 0. The number of benzene rings is 1. The minimum absolute atomic E-state index is 0.0536. The molecule has 0 saturated carbocycles. The van der Waals surface area contributed by atoms with Crippen molar-refractivity contribution in [2.45, 2.75) is 0 Å². The van der Waals surface area contributed by atoms with Crippen LogP contribution in [0.15, 0.2) is 23.8 Å². The van der Waals surface area contributed by atoms with Crippen LogP contribution in [0.5, 0.6) is 0 Å². The summed E-state index contributed by atoms with van der Waals surface area (Å²) < 4.78 is 0. The molecule has 0 atom stereocenters. The van der Waals surface area contributed by atoms with Gasteiger partial charge in [0.2, 0.25) is 0 Å². The van der Waals surface area contributed by atoms with Crippen molar-refractivity contribution < 1.29 is 9.72 Å². The molecular formula is C10H6ClN3O3. The second-order valence-corrected chi connectivity index (χ2v) is 3.43. The van der Waals surface area contributed by atoms with Gasteiger partial charge < -0.3 is 5.73 Å². The SMILES string of the molecule is N#CC(=Cc1cc(Cl)ccc1[N+](=O)[O-])C(N)=O. The number of rotatable bonds is 3. The van der Waals surface area contributed by atoms with Crippen LogP contribution in [0.25, 0.3) is 6.08 Å². The monoisotopic (exact) mass is 251 g/mol. The lowest BCUT2D eigenvalue weighted by atomic mass is 10.1. The molecule has 0 radical (unpaired) electrons. The van der Waals surface area contributed by atoms with Crippen LogP contribution >= 0.6 is 11.6 Å². The average Bonchev–Trinajstić information content (AvgIpc) is 2.25. The van der Waals surface area contributed by atoms with Crippen LogP contribution in [0, 0.1) is 21.4 Å². The Morgan fingerprint density at radius 2 is 2.24 bits per heavy atom. The largest absolute Gasteiger partial charge is 0.365 e. The number of carbonyl (C=O) groups excluding carboxylic acids is 1. The van der Waals surface area contributed by atoms with Crippen molar-refractivity contribution in [1.82, 2.24) is 0 Å². The van der Waals surface area contributed by atoms with Gasteiger partial charge in [0.25, 0.3) is 11.6 Å². The first-order chi connectivity index (χ1) is 7.95. The number of amides is 1. The van der Waals surface area contributed by atoms with Gasteiger partial charge in [-0.25, -0.2) is 0 Å². The van der Waals surface area contributed by atoms with E-state index in [2.05, 4.69) is 0 Å². The fourth-order valence-corrected chi connectivity index (χ4v) is 1.30. The summed E-state index contributed by atoms with van der Waals surface area (Å²) >= 11 is 5.68. The van der Waals surface area contributed by atoms with Gasteiger partial charge in [-0.3, -0.25) is 14.9 Å². The number of hydrogen-bond acceptors (Lipinski definition) is 4. The normalized spacial score (nSPS) is 10.7. The third kappa shape index (κ3) is 3.03. The van der Waals surface area contributed by atoms with Crippen molar-refractivity contribution in [3.05, 3.63) is 44.5 Å². The minimum Gasteiger partial charge on any atom is -0.365 e. The third-order valence-corrected chi connectivity index (χ3v) is 2.11. The van der Waals surface area contributed by atoms with Crippen LogP contribution in [0.3, 0.4) is 0 Å². The molecule has 6 nitrogen and oxygen atoms in total. The van der Waals surface area contributed by atoms with Gasteiger partial charge in [-0.1, -0.05) is 11.6 Å². The number of nitro groups is 1. The van der Waals surface area contributed by atoms with Crippen molar-refractivity contribution in [2.24, 2.45) is 5.73 Å². The maximum absolute atomic E-state index is 10.8. The highest BCUT2D eigenvalue weighted by molar-refractivity contribution is 6.30. The van der Waals surface area contributed by atoms with Crippen molar-refractivity contribution in [2.75, 3.05) is 0 Å². The van der Waals surface area contributed by atoms with Crippen molar-refractivity contribution in [1.29, 1.82) is 5.26 Å². The summed E-state index contributed by atoms with van der Waals surface area (Å²) in [5.74, 6) is -0.957. The van der Waals surface area contributed by atoms with Gasteiger partial charge in [0.15, 0.2) is 0 Å². The van der Waals surface area contributed by atoms with Crippen LogP contribution in [-0.4, -0.2) is 10.8 Å². The molecule has 1 aromatic carbocycles. The Morgan fingerprint density at radius 3 is 2.71 bits per heavy atom. The molecule has 2 N–H and O–H groups in total. The quantitative estimate of drug-likeness (QED) is 0.381. The Hall–Kier alpha value is -2.39. The lowest BCUT2D eigenvalue weighted by Crippen LogP contribution is -2.12. The molecule has 7 heteroatoms. The number of nitro benzene ring substituents is 1. The molecule has 0 heterocycles. The van der Waals surface area contributed by atoms with E-state index in [-0.39, 0.29) is 21.8 Å². The van der Waals surface area contributed by atoms with E-state index in [1.807, 2.05) is 0 Å². The lowest BCUT2D eigenvalue weighted by molar-refractivity contribution is -0.385. The van der Waals surface area contributed by atoms with E-state index in [1.165, 1.54) is 18.2 Å². The Labute approximate surface area is 101 Å². The number of hydrogen-bond donors (Lipinski definition) is 1. The molecule has 0 aliphatic heterocycles. The van der Waals surface area contributed by atoms with Gasteiger partial charge >= 0.3 is 0 Å². The van der Waals surface area contributed by atoms with E-state index < -0.39 is 10.8 Å². The van der Waals surface area contributed by atoms with E-state index in [0.717, 1.165) is 6.08 Å². The van der Waals surface area contributed by atoms with Gasteiger partial charge in [0.1, 0.15) is 11.6 Å². The molecule has 0 fully saturated rings. The second-order valence-electron chi connectivity index (χ2n) is 2.99. The van der Waals surface area contributed by atoms with Crippen LogP contribution in [0.4, 0.5) is 5.69 Å². The average molecular weight is 252 g/mol. The van der Waals surface area contributed by atoms with E-state index in [9.17, 15) is 14.9 Å². The summed E-state index contributed by atoms with van der Waals surface area (Å²) in [6.45, 7) is 0. The van der Waals surface area contributed by atoms with Crippen LogP contribution < -0.4 is 5.73 Å². The molecule has 0 bridgehead atoms. The van der Waals surface area contributed by atoms with E-state index in [4.69, 9.17) is 22.6 Å². The van der Waals surface area contributed by atoms with Gasteiger partial charge in [0, 0.05) is 11.1 Å². The number of primary amides is 1. The lowest BCUT2D eigenvalue weighted by Gasteiger charge is -1.99. The summed E-state index contributed by atoms with van der Waals surface area (Å²) in [4.78, 5) is 20.9. The Balaban J connectivity index is 3.40. The van der Waals surface area contributed by atoms with Gasteiger partial charge in [-0.05, 0) is 18.2 Å². The molecular weight excluding hydrogens is 246 g/mol. The molecule has 1 amide bonds. The van der Waals surface area contributed by atoms with Crippen molar-refractivity contribution in [3.8, 4) is 6.07 Å². The number of carbonyl (C=O) groups is 1. The molecule has 0 aliphatic carbocycles. The molecule has 0 aliphatic rings. The molecule has 0 spiro atoms. The Kier molecular flexibility index (Phi) is 3.80. The Bertz CT molecular complexity index is 560. The van der Waals surface area contributed by atoms with Crippen molar-refractivity contribution >= 4 is 29.3 Å². The highest BCUT2D eigenvalue weighted by Crippen LogP contribution is 2.24. The third-order valence-electron chi connectivity index (χ3n) is 1.87. The standard InChI is InChI=1S/C10H6ClN3O3/c11-8-1-2-9(14(16)17)6(4-8)3-7(5-12)10(13)15/h1-4H,(H2,13,15). The van der Waals surface area contributed by atoms with Gasteiger partial charge in [0.05, 0.1) is 10.5 Å². The number of nitrogens with zero attached hydrogens (tertiary/aromatic N) is 2. The van der Waals surface area contributed by atoms with Crippen LogP contribution in [0.1, 0.15) is 5.56 Å². The van der Waals surface area contributed by atoms with Gasteiger partial charge in [-0.15, -0.1) is 0 Å². The predicted molar refractivity (Wildman–Crippen MR) is 60.9 cm³/mol. The minimum atomic E-state index is -0.957. The van der Waals surface area contributed by atoms with E-state index in [1.54, 1.807) is 6.07 Å². The summed E-state index contributed by atoms with van der Waals surface area (Å²) in [7, 11) is 0. The number of nitriles is 1. The molecule has 1 aromatic rings. The molecule has 0 aromatic heterocycles. The maximum atomic E-state index is 10.8. The number of halogens is 1. The molecule has 17 heavy (non-hydrogen) atoms.